The monoisotopic (exact) mass is 276 g/mol. The largest absolute Gasteiger partial charge is 0.454 e. The second-order valence-corrected chi connectivity index (χ2v) is 6.21. The maximum atomic E-state index is 5.39. The molecule has 2 heterocycles. The van der Waals surface area contributed by atoms with Crippen LogP contribution in [-0.4, -0.2) is 23.8 Å². The lowest BCUT2D eigenvalue weighted by Gasteiger charge is -2.23. The predicted octanol–water partition coefficient (Wildman–Crippen LogP) is 3.10. The third-order valence-corrected chi connectivity index (χ3v) is 5.04. The van der Waals surface area contributed by atoms with E-state index in [1.807, 2.05) is 30.0 Å². The highest BCUT2D eigenvalue weighted by Crippen LogP contribution is 2.37. The van der Waals surface area contributed by atoms with Crippen molar-refractivity contribution in [2.45, 2.75) is 25.3 Å². The number of amidine groups is 1. The van der Waals surface area contributed by atoms with Crippen molar-refractivity contribution in [2.75, 3.05) is 17.9 Å². The molecule has 1 aliphatic carbocycles. The maximum Gasteiger partial charge on any atom is 0.231 e. The van der Waals surface area contributed by atoms with Crippen molar-refractivity contribution < 1.29 is 9.47 Å². The highest BCUT2D eigenvalue weighted by atomic mass is 32.2. The topological polar surface area (TPSA) is 42.9 Å². The molecule has 4 rings (SSSR count). The molecule has 1 saturated carbocycles. The van der Waals surface area contributed by atoms with Gasteiger partial charge < -0.3 is 14.8 Å². The van der Waals surface area contributed by atoms with E-state index in [9.17, 15) is 0 Å². The molecule has 1 aromatic rings. The van der Waals surface area contributed by atoms with Gasteiger partial charge >= 0.3 is 0 Å². The van der Waals surface area contributed by atoms with Crippen molar-refractivity contribution >= 4 is 22.6 Å². The summed E-state index contributed by atoms with van der Waals surface area (Å²) < 4.78 is 10.7. The van der Waals surface area contributed by atoms with Gasteiger partial charge in [-0.3, -0.25) is 4.99 Å². The SMILES string of the molecule is c1cc2c(cc1NC1=NC3CCCC3CS1)OCO2. The molecule has 0 saturated heterocycles. The van der Waals surface area contributed by atoms with Crippen molar-refractivity contribution in [3.63, 3.8) is 0 Å². The Hall–Kier alpha value is -1.36. The number of thioether (sulfide) groups is 1. The molecule has 0 spiro atoms. The van der Waals surface area contributed by atoms with E-state index >= 15 is 0 Å². The normalized spacial score (nSPS) is 27.9. The lowest BCUT2D eigenvalue weighted by Crippen LogP contribution is -2.25. The van der Waals surface area contributed by atoms with Gasteiger partial charge in [0.15, 0.2) is 16.7 Å². The first kappa shape index (κ1) is 11.5. The second-order valence-electron chi connectivity index (χ2n) is 5.20. The van der Waals surface area contributed by atoms with Crippen molar-refractivity contribution in [3.05, 3.63) is 18.2 Å². The number of anilines is 1. The van der Waals surface area contributed by atoms with E-state index in [2.05, 4.69) is 5.32 Å². The first-order valence-electron chi connectivity index (χ1n) is 6.76. The van der Waals surface area contributed by atoms with Gasteiger partial charge in [0, 0.05) is 17.5 Å². The highest BCUT2D eigenvalue weighted by Gasteiger charge is 2.31. The minimum Gasteiger partial charge on any atom is -0.454 e. The Morgan fingerprint density at radius 1 is 1.21 bits per heavy atom. The minimum atomic E-state index is 0.318. The molecule has 2 aliphatic heterocycles. The van der Waals surface area contributed by atoms with Crippen LogP contribution in [-0.2, 0) is 0 Å². The van der Waals surface area contributed by atoms with Crippen molar-refractivity contribution in [2.24, 2.45) is 10.9 Å². The number of fused-ring (bicyclic) bond motifs is 2. The Kier molecular flexibility index (Phi) is 2.80. The predicted molar refractivity (Wildman–Crippen MR) is 77.2 cm³/mol. The first-order valence-corrected chi connectivity index (χ1v) is 7.74. The van der Waals surface area contributed by atoms with Gasteiger partial charge in [-0.25, -0.2) is 0 Å². The van der Waals surface area contributed by atoms with Crippen molar-refractivity contribution in [3.8, 4) is 11.5 Å². The summed E-state index contributed by atoms with van der Waals surface area (Å²) in [6.45, 7) is 0.318. The number of rotatable bonds is 1. The number of hydrogen-bond acceptors (Lipinski definition) is 5. The average molecular weight is 276 g/mol. The van der Waals surface area contributed by atoms with Gasteiger partial charge in [0.05, 0.1) is 6.04 Å². The summed E-state index contributed by atoms with van der Waals surface area (Å²) in [6.07, 6.45) is 3.92. The minimum absolute atomic E-state index is 0.318. The van der Waals surface area contributed by atoms with Gasteiger partial charge in [-0.1, -0.05) is 18.2 Å². The summed E-state index contributed by atoms with van der Waals surface area (Å²) in [4.78, 5) is 4.83. The van der Waals surface area contributed by atoms with Crippen LogP contribution in [0.4, 0.5) is 5.69 Å². The molecule has 5 heteroatoms. The van der Waals surface area contributed by atoms with Gasteiger partial charge in [0.1, 0.15) is 0 Å². The summed E-state index contributed by atoms with van der Waals surface area (Å²) in [6, 6.07) is 6.47. The number of hydrogen-bond donors (Lipinski definition) is 1. The molecule has 3 aliphatic rings. The fourth-order valence-electron chi connectivity index (χ4n) is 2.92. The lowest BCUT2D eigenvalue weighted by atomic mass is 10.1. The molecular weight excluding hydrogens is 260 g/mol. The summed E-state index contributed by atoms with van der Waals surface area (Å²) >= 11 is 1.83. The molecule has 100 valence electrons. The number of ether oxygens (including phenoxy) is 2. The Labute approximate surface area is 116 Å². The second kappa shape index (κ2) is 4.63. The van der Waals surface area contributed by atoms with E-state index in [0.29, 0.717) is 12.8 Å². The van der Waals surface area contributed by atoms with E-state index in [1.54, 1.807) is 0 Å². The molecule has 2 atom stereocenters. The van der Waals surface area contributed by atoms with Crippen molar-refractivity contribution in [1.82, 2.24) is 0 Å². The highest BCUT2D eigenvalue weighted by molar-refractivity contribution is 8.14. The number of nitrogens with one attached hydrogen (secondary N) is 1. The fraction of sp³-hybridized carbons (Fsp3) is 0.500. The van der Waals surface area contributed by atoms with Gasteiger partial charge in [-0.15, -0.1) is 0 Å². The smallest absolute Gasteiger partial charge is 0.231 e. The number of nitrogens with zero attached hydrogens (tertiary/aromatic N) is 1. The van der Waals surface area contributed by atoms with E-state index in [0.717, 1.165) is 28.3 Å². The van der Waals surface area contributed by atoms with Crippen molar-refractivity contribution in [1.29, 1.82) is 0 Å². The average Bonchev–Trinajstić information content (AvgIpc) is 3.05. The molecular formula is C14H16N2O2S. The van der Waals surface area contributed by atoms with E-state index in [-0.39, 0.29) is 0 Å². The Balaban J connectivity index is 1.52. The quantitative estimate of drug-likeness (QED) is 0.856. The summed E-state index contributed by atoms with van der Waals surface area (Å²) in [5.74, 6) is 3.62. The molecule has 1 N–H and O–H groups in total. The molecule has 0 bridgehead atoms. The van der Waals surface area contributed by atoms with E-state index in [1.165, 1.54) is 25.0 Å². The lowest BCUT2D eigenvalue weighted by molar-refractivity contribution is 0.174. The summed E-state index contributed by atoms with van der Waals surface area (Å²) in [5.41, 5.74) is 1.02. The zero-order valence-corrected chi connectivity index (χ0v) is 11.4. The van der Waals surface area contributed by atoms with E-state index < -0.39 is 0 Å². The van der Waals surface area contributed by atoms with Crippen LogP contribution in [0, 0.1) is 5.92 Å². The van der Waals surface area contributed by atoms with Crippen LogP contribution in [0.15, 0.2) is 23.2 Å². The molecule has 1 aromatic carbocycles. The van der Waals surface area contributed by atoms with Crippen LogP contribution in [0.3, 0.4) is 0 Å². The van der Waals surface area contributed by atoms with Crippen LogP contribution in [0.25, 0.3) is 0 Å². The zero-order chi connectivity index (χ0) is 12.7. The summed E-state index contributed by atoms with van der Waals surface area (Å²) in [5, 5.41) is 4.44. The van der Waals surface area contributed by atoms with Gasteiger partial charge in [0.2, 0.25) is 6.79 Å². The Morgan fingerprint density at radius 3 is 3.16 bits per heavy atom. The molecule has 2 unspecified atom stereocenters. The Bertz CT molecular complexity index is 532. The molecule has 0 amide bonds. The molecule has 0 aromatic heterocycles. The summed E-state index contributed by atoms with van der Waals surface area (Å²) in [7, 11) is 0. The maximum absolute atomic E-state index is 5.39. The van der Waals surface area contributed by atoms with Crippen LogP contribution in [0.1, 0.15) is 19.3 Å². The van der Waals surface area contributed by atoms with Crippen LogP contribution in [0.5, 0.6) is 11.5 Å². The van der Waals surface area contributed by atoms with Crippen LogP contribution in [0.2, 0.25) is 0 Å². The molecule has 4 nitrogen and oxygen atoms in total. The first-order chi connectivity index (χ1) is 9.38. The molecule has 0 radical (unpaired) electrons. The number of benzene rings is 1. The van der Waals surface area contributed by atoms with E-state index in [4.69, 9.17) is 14.5 Å². The van der Waals surface area contributed by atoms with Gasteiger partial charge in [-0.05, 0) is 30.9 Å². The zero-order valence-electron chi connectivity index (χ0n) is 10.6. The standard InChI is InChI=1S/C14H16N2O2S/c1-2-9-7-19-14(16-11(9)3-1)15-10-4-5-12-13(6-10)18-8-17-12/h4-6,9,11H,1-3,7-8H2,(H,15,16). The third kappa shape index (κ3) is 2.16. The van der Waals surface area contributed by atoms with Crippen LogP contribution >= 0.6 is 11.8 Å². The van der Waals surface area contributed by atoms with Gasteiger partial charge in [-0.2, -0.15) is 0 Å². The van der Waals surface area contributed by atoms with Gasteiger partial charge in [0.25, 0.3) is 0 Å². The molecule has 19 heavy (non-hydrogen) atoms. The third-order valence-electron chi connectivity index (χ3n) is 3.96. The van der Waals surface area contributed by atoms with Crippen LogP contribution < -0.4 is 14.8 Å². The number of aliphatic imine (C=N–C) groups is 1. The Morgan fingerprint density at radius 2 is 2.16 bits per heavy atom. The fourth-order valence-corrected chi connectivity index (χ4v) is 4.08. The molecule has 1 fully saturated rings.